The fraction of sp³-hybridized carbons (Fsp3) is 0.242. The summed E-state index contributed by atoms with van der Waals surface area (Å²) in [5.41, 5.74) is 7.92. The number of fused-ring (bicyclic) bond motifs is 1. The van der Waals surface area contributed by atoms with Crippen molar-refractivity contribution in [2.45, 2.75) is 53.4 Å². The molecule has 2 N–H and O–H groups in total. The SMILES string of the molecule is Cc1ccc(NC(=O)/C(C#N)=C\c2cc(C)n(-c3sc4c(c3C(=O)Nc3ccccc3)CCCC4)c2C)c(C)c1. The van der Waals surface area contributed by atoms with Gasteiger partial charge in [-0.25, -0.2) is 0 Å². The van der Waals surface area contributed by atoms with E-state index in [-0.39, 0.29) is 11.5 Å². The summed E-state index contributed by atoms with van der Waals surface area (Å²) in [4.78, 5) is 28.0. The molecule has 40 heavy (non-hydrogen) atoms. The number of amides is 2. The van der Waals surface area contributed by atoms with Crippen molar-refractivity contribution < 1.29 is 9.59 Å². The van der Waals surface area contributed by atoms with E-state index in [1.54, 1.807) is 17.4 Å². The lowest BCUT2D eigenvalue weighted by Gasteiger charge is -2.14. The summed E-state index contributed by atoms with van der Waals surface area (Å²) in [5, 5.41) is 16.7. The van der Waals surface area contributed by atoms with Gasteiger partial charge in [0.05, 0.1) is 5.56 Å². The molecular formula is C33H32N4O2S. The lowest BCUT2D eigenvalue weighted by molar-refractivity contribution is -0.112. The molecule has 2 amide bonds. The number of hydrogen-bond acceptors (Lipinski definition) is 4. The number of nitriles is 1. The summed E-state index contributed by atoms with van der Waals surface area (Å²) >= 11 is 1.67. The topological polar surface area (TPSA) is 86.9 Å². The number of nitrogens with one attached hydrogen (secondary N) is 2. The molecular weight excluding hydrogens is 516 g/mol. The van der Waals surface area contributed by atoms with Crippen LogP contribution in [0.25, 0.3) is 11.1 Å². The zero-order chi connectivity index (χ0) is 28.4. The van der Waals surface area contributed by atoms with Gasteiger partial charge in [-0.1, -0.05) is 35.9 Å². The van der Waals surface area contributed by atoms with E-state index in [0.717, 1.165) is 70.0 Å². The predicted molar refractivity (Wildman–Crippen MR) is 162 cm³/mol. The lowest BCUT2D eigenvalue weighted by atomic mass is 9.95. The minimum atomic E-state index is -0.450. The number of rotatable bonds is 6. The number of carbonyl (C=O) groups excluding carboxylic acids is 2. The summed E-state index contributed by atoms with van der Waals surface area (Å²) in [6.45, 7) is 7.88. The molecule has 7 heteroatoms. The van der Waals surface area contributed by atoms with Crippen LogP contribution in [0.3, 0.4) is 0 Å². The van der Waals surface area contributed by atoms with Crippen LogP contribution in [0.1, 0.15) is 61.7 Å². The van der Waals surface area contributed by atoms with E-state index >= 15 is 0 Å². The number of carbonyl (C=O) groups is 2. The maximum atomic E-state index is 13.7. The number of hydrogen-bond donors (Lipinski definition) is 2. The van der Waals surface area contributed by atoms with Crippen LogP contribution < -0.4 is 10.6 Å². The Labute approximate surface area is 239 Å². The summed E-state index contributed by atoms with van der Waals surface area (Å²) < 4.78 is 2.09. The summed E-state index contributed by atoms with van der Waals surface area (Å²) in [7, 11) is 0. The normalized spacial score (nSPS) is 12.9. The molecule has 2 aromatic carbocycles. The molecule has 202 valence electrons. The molecule has 0 fully saturated rings. The Morgan fingerprint density at radius 2 is 1.73 bits per heavy atom. The maximum absolute atomic E-state index is 13.7. The number of thiophene rings is 1. The third-order valence-corrected chi connectivity index (χ3v) is 8.66. The molecule has 0 saturated heterocycles. The summed E-state index contributed by atoms with van der Waals surface area (Å²) in [5.74, 6) is -0.565. The second-order valence-corrected chi connectivity index (χ2v) is 11.4. The first-order chi connectivity index (χ1) is 19.3. The number of aryl methyl sites for hydroxylation is 4. The molecule has 2 aromatic heterocycles. The molecule has 5 rings (SSSR count). The van der Waals surface area contributed by atoms with Gasteiger partial charge in [0.2, 0.25) is 0 Å². The highest BCUT2D eigenvalue weighted by Gasteiger charge is 2.28. The van der Waals surface area contributed by atoms with Crippen molar-refractivity contribution in [3.63, 3.8) is 0 Å². The molecule has 6 nitrogen and oxygen atoms in total. The maximum Gasteiger partial charge on any atom is 0.266 e. The zero-order valence-electron chi connectivity index (χ0n) is 23.2. The van der Waals surface area contributed by atoms with Crippen molar-refractivity contribution in [1.29, 1.82) is 5.26 Å². The van der Waals surface area contributed by atoms with E-state index in [4.69, 9.17) is 0 Å². The molecule has 2 heterocycles. The van der Waals surface area contributed by atoms with Gasteiger partial charge < -0.3 is 15.2 Å². The third-order valence-electron chi connectivity index (χ3n) is 7.38. The van der Waals surface area contributed by atoms with Crippen LogP contribution >= 0.6 is 11.3 Å². The van der Waals surface area contributed by atoms with Crippen LogP contribution in [0, 0.1) is 39.0 Å². The molecule has 0 unspecified atom stereocenters. The van der Waals surface area contributed by atoms with Gasteiger partial charge in [0.15, 0.2) is 0 Å². The number of aromatic nitrogens is 1. The first-order valence-corrected chi connectivity index (χ1v) is 14.3. The number of anilines is 2. The van der Waals surface area contributed by atoms with E-state index in [0.29, 0.717) is 11.3 Å². The number of nitrogens with zero attached hydrogens (tertiary/aromatic N) is 2. The van der Waals surface area contributed by atoms with Crippen LogP contribution in [0.15, 0.2) is 60.2 Å². The highest BCUT2D eigenvalue weighted by atomic mass is 32.1. The van der Waals surface area contributed by atoms with Gasteiger partial charge in [-0.2, -0.15) is 5.26 Å². The highest BCUT2D eigenvalue weighted by Crippen LogP contribution is 2.39. The minimum Gasteiger partial charge on any atom is -0.322 e. The van der Waals surface area contributed by atoms with Crippen LogP contribution in [0.5, 0.6) is 0 Å². The Bertz CT molecular complexity index is 1690. The molecule has 1 aliphatic rings. The van der Waals surface area contributed by atoms with E-state index in [2.05, 4.69) is 21.3 Å². The van der Waals surface area contributed by atoms with Gasteiger partial charge in [0.1, 0.15) is 16.6 Å². The van der Waals surface area contributed by atoms with E-state index in [9.17, 15) is 14.9 Å². The standard InChI is InChI=1S/C33H32N4O2S/c1-20-14-15-28(21(2)16-20)36-31(38)25(19-34)18-24-17-22(3)37(23(24)4)33-30(27-12-8-9-13-29(27)40-33)32(39)35-26-10-6-5-7-11-26/h5-7,10-11,14-18H,8-9,12-13H2,1-4H3,(H,35,39)(H,36,38)/b25-18-. The molecule has 1 aliphatic carbocycles. The number of benzene rings is 2. The molecule has 0 radical (unpaired) electrons. The fourth-order valence-electron chi connectivity index (χ4n) is 5.35. The van der Waals surface area contributed by atoms with Gasteiger partial charge in [-0.05, 0) is 100 Å². The first-order valence-electron chi connectivity index (χ1n) is 13.5. The van der Waals surface area contributed by atoms with Gasteiger partial charge in [0.25, 0.3) is 11.8 Å². The monoisotopic (exact) mass is 548 g/mol. The van der Waals surface area contributed by atoms with Crippen LogP contribution in [-0.4, -0.2) is 16.4 Å². The van der Waals surface area contributed by atoms with Crippen molar-refractivity contribution in [3.8, 4) is 11.1 Å². The Kier molecular flexibility index (Phi) is 7.72. The van der Waals surface area contributed by atoms with Crippen molar-refractivity contribution in [2.24, 2.45) is 0 Å². The summed E-state index contributed by atoms with van der Waals surface area (Å²) in [6.07, 6.45) is 5.66. The van der Waals surface area contributed by atoms with Crippen LogP contribution in [0.2, 0.25) is 0 Å². The molecule has 0 saturated carbocycles. The largest absolute Gasteiger partial charge is 0.322 e. The third kappa shape index (κ3) is 5.36. The Hall–Kier alpha value is -4.41. The first kappa shape index (κ1) is 27.2. The van der Waals surface area contributed by atoms with E-state index < -0.39 is 5.91 Å². The smallest absolute Gasteiger partial charge is 0.266 e. The van der Waals surface area contributed by atoms with Gasteiger partial charge in [-0.3, -0.25) is 9.59 Å². The van der Waals surface area contributed by atoms with Gasteiger partial charge in [0, 0.05) is 27.6 Å². The van der Waals surface area contributed by atoms with E-state index in [1.165, 1.54) is 4.88 Å². The van der Waals surface area contributed by atoms with Crippen molar-refractivity contribution in [1.82, 2.24) is 4.57 Å². The quantitative estimate of drug-likeness (QED) is 0.194. The van der Waals surface area contributed by atoms with Crippen LogP contribution in [0.4, 0.5) is 11.4 Å². The predicted octanol–water partition coefficient (Wildman–Crippen LogP) is 7.45. The minimum absolute atomic E-state index is 0.0211. The molecule has 0 spiro atoms. The Balaban J connectivity index is 1.52. The second kappa shape index (κ2) is 11.4. The lowest BCUT2D eigenvalue weighted by Crippen LogP contribution is -2.17. The highest BCUT2D eigenvalue weighted by molar-refractivity contribution is 7.15. The van der Waals surface area contributed by atoms with Gasteiger partial charge >= 0.3 is 0 Å². The summed E-state index contributed by atoms with van der Waals surface area (Å²) in [6, 6.07) is 19.3. The van der Waals surface area contributed by atoms with Crippen molar-refractivity contribution >= 4 is 40.6 Å². The number of para-hydroxylation sites is 1. The zero-order valence-corrected chi connectivity index (χ0v) is 24.0. The van der Waals surface area contributed by atoms with Gasteiger partial charge in [-0.15, -0.1) is 11.3 Å². The average Bonchev–Trinajstić information content (AvgIpc) is 3.45. The molecule has 0 atom stereocenters. The molecule has 4 aromatic rings. The average molecular weight is 549 g/mol. The van der Waals surface area contributed by atoms with Crippen molar-refractivity contribution in [2.75, 3.05) is 10.6 Å². The molecule has 0 bridgehead atoms. The Morgan fingerprint density at radius 1 is 0.975 bits per heavy atom. The second-order valence-electron chi connectivity index (χ2n) is 10.3. The Morgan fingerprint density at radius 3 is 2.45 bits per heavy atom. The van der Waals surface area contributed by atoms with Crippen molar-refractivity contribution in [3.05, 3.63) is 104 Å². The van der Waals surface area contributed by atoms with E-state index in [1.807, 2.05) is 82.3 Å². The van der Waals surface area contributed by atoms with Crippen LogP contribution in [-0.2, 0) is 17.6 Å². The molecule has 0 aliphatic heterocycles. The fourth-order valence-corrected chi connectivity index (χ4v) is 6.85.